The second-order valence-corrected chi connectivity index (χ2v) is 9.29. The molecule has 1 amide bonds. The minimum absolute atomic E-state index is 0.0789. The third kappa shape index (κ3) is 3.61. The number of thioether (sulfide) groups is 2. The van der Waals surface area contributed by atoms with Gasteiger partial charge < -0.3 is 4.74 Å². The van der Waals surface area contributed by atoms with Gasteiger partial charge in [-0.05, 0) is 35.6 Å². The molecule has 4 rings (SSSR count). The van der Waals surface area contributed by atoms with Crippen LogP contribution in [0.25, 0.3) is 16.3 Å². The molecule has 0 spiro atoms. The van der Waals surface area contributed by atoms with E-state index < -0.39 is 11.9 Å². The number of fused-ring (bicyclic) bond motifs is 3. The van der Waals surface area contributed by atoms with E-state index in [2.05, 4.69) is 18.0 Å². The summed E-state index contributed by atoms with van der Waals surface area (Å²) in [5.41, 5.74) is 2.66. The summed E-state index contributed by atoms with van der Waals surface area (Å²) >= 11 is 2.92. The molecule has 0 radical (unpaired) electrons. The molecule has 0 fully saturated rings. The first-order valence-corrected chi connectivity index (χ1v) is 11.9. The number of amides is 1. The van der Waals surface area contributed by atoms with Crippen LogP contribution in [0.4, 0.5) is 0 Å². The van der Waals surface area contributed by atoms with Gasteiger partial charge in [-0.3, -0.25) is 9.59 Å². The fourth-order valence-electron chi connectivity index (χ4n) is 3.66. The second-order valence-electron chi connectivity index (χ2n) is 7.00. The number of carbonyl (C=O) groups is 3. The SMILES string of the molecule is CCCSC(=O)COC(=O)C1=C2C(=NC1=O)c1cccc3c(SCCC)ccc2c13. The number of benzene rings is 2. The van der Waals surface area contributed by atoms with Gasteiger partial charge in [0.2, 0.25) is 5.12 Å². The van der Waals surface area contributed by atoms with Gasteiger partial charge in [-0.25, -0.2) is 9.79 Å². The first kappa shape index (κ1) is 20.9. The van der Waals surface area contributed by atoms with E-state index in [1.807, 2.05) is 31.2 Å². The zero-order valence-corrected chi connectivity index (χ0v) is 18.5. The Morgan fingerprint density at radius 2 is 1.83 bits per heavy atom. The van der Waals surface area contributed by atoms with Crippen molar-refractivity contribution in [1.82, 2.24) is 0 Å². The summed E-state index contributed by atoms with van der Waals surface area (Å²) in [4.78, 5) is 42.4. The van der Waals surface area contributed by atoms with E-state index in [4.69, 9.17) is 4.74 Å². The normalized spacial score (nSPS) is 14.3. The largest absolute Gasteiger partial charge is 0.453 e. The molecule has 0 bridgehead atoms. The van der Waals surface area contributed by atoms with Crippen molar-refractivity contribution >= 4 is 62.6 Å². The number of allylic oxidation sites excluding steroid dienone is 1. The number of esters is 1. The monoisotopic (exact) mass is 439 g/mol. The first-order chi connectivity index (χ1) is 14.6. The highest BCUT2D eigenvalue weighted by molar-refractivity contribution is 8.13. The maximum atomic E-state index is 12.7. The number of nitrogens with zero attached hydrogens (tertiary/aromatic N) is 1. The Labute approximate surface area is 183 Å². The van der Waals surface area contributed by atoms with Gasteiger partial charge in [0.05, 0.1) is 5.71 Å². The molecule has 1 heterocycles. The Kier molecular flexibility index (Phi) is 6.11. The van der Waals surface area contributed by atoms with Crippen LogP contribution in [0.15, 0.2) is 45.8 Å². The molecule has 1 aliphatic heterocycles. The van der Waals surface area contributed by atoms with Gasteiger partial charge in [-0.15, -0.1) is 11.8 Å². The molecule has 0 saturated carbocycles. The average Bonchev–Trinajstić information content (AvgIpc) is 3.24. The average molecular weight is 440 g/mol. The molecule has 2 aliphatic rings. The topological polar surface area (TPSA) is 72.8 Å². The number of carbonyl (C=O) groups excluding carboxylic acids is 3. The van der Waals surface area contributed by atoms with E-state index in [1.165, 1.54) is 4.90 Å². The maximum Gasteiger partial charge on any atom is 0.345 e. The Balaban J connectivity index is 1.70. The number of aliphatic imine (C=N–C) groups is 1. The van der Waals surface area contributed by atoms with E-state index in [-0.39, 0.29) is 17.3 Å². The molecular formula is C23H21NO4S2. The summed E-state index contributed by atoms with van der Waals surface area (Å²) < 4.78 is 5.17. The minimum atomic E-state index is -0.787. The lowest BCUT2D eigenvalue weighted by atomic mass is 10.0. The molecule has 2 aromatic carbocycles. The van der Waals surface area contributed by atoms with E-state index in [0.29, 0.717) is 17.0 Å². The molecule has 0 saturated heterocycles. The smallest absolute Gasteiger partial charge is 0.345 e. The highest BCUT2D eigenvalue weighted by Gasteiger charge is 2.39. The number of ether oxygens (including phenoxy) is 1. The van der Waals surface area contributed by atoms with Gasteiger partial charge in [0.25, 0.3) is 5.91 Å². The second kappa shape index (κ2) is 8.78. The Hall–Kier alpha value is -2.38. The molecule has 1 aliphatic carbocycles. The third-order valence-corrected chi connectivity index (χ3v) is 7.22. The van der Waals surface area contributed by atoms with Gasteiger partial charge in [-0.1, -0.05) is 49.9 Å². The Bertz CT molecular complexity index is 1130. The van der Waals surface area contributed by atoms with Crippen molar-refractivity contribution in [3.8, 4) is 0 Å². The van der Waals surface area contributed by atoms with E-state index in [0.717, 1.165) is 52.3 Å². The highest BCUT2D eigenvalue weighted by atomic mass is 32.2. The maximum absolute atomic E-state index is 12.7. The summed E-state index contributed by atoms with van der Waals surface area (Å²) in [6.45, 7) is 3.77. The molecule has 0 atom stereocenters. The van der Waals surface area contributed by atoms with Crippen molar-refractivity contribution in [3.05, 3.63) is 47.0 Å². The molecule has 0 N–H and O–H groups in total. The van der Waals surface area contributed by atoms with Gasteiger partial charge in [0, 0.05) is 27.2 Å². The van der Waals surface area contributed by atoms with Crippen molar-refractivity contribution in [2.75, 3.05) is 18.1 Å². The highest BCUT2D eigenvalue weighted by Crippen LogP contribution is 2.45. The molecule has 2 aromatic rings. The molecule has 30 heavy (non-hydrogen) atoms. The lowest BCUT2D eigenvalue weighted by Crippen LogP contribution is -2.17. The summed E-state index contributed by atoms with van der Waals surface area (Å²) in [6.07, 6.45) is 1.93. The van der Waals surface area contributed by atoms with Crippen LogP contribution < -0.4 is 0 Å². The standard InChI is InChI=1S/C23H21NO4S2/c1-3-10-29-16-9-8-14-18-13(16)6-5-7-15(18)21-19(14)20(22(26)24-21)23(27)28-12-17(25)30-11-4-2/h5-9H,3-4,10-12H2,1-2H3. The van der Waals surface area contributed by atoms with E-state index in [1.54, 1.807) is 11.8 Å². The third-order valence-electron chi connectivity index (χ3n) is 4.89. The van der Waals surface area contributed by atoms with E-state index >= 15 is 0 Å². The van der Waals surface area contributed by atoms with Gasteiger partial charge in [0.1, 0.15) is 5.57 Å². The summed E-state index contributed by atoms with van der Waals surface area (Å²) in [6, 6.07) is 9.93. The van der Waals surface area contributed by atoms with Crippen LogP contribution in [-0.2, 0) is 19.1 Å². The Morgan fingerprint density at radius 3 is 2.60 bits per heavy atom. The summed E-state index contributed by atoms with van der Waals surface area (Å²) in [5.74, 6) is 0.296. The predicted octanol–water partition coefficient (Wildman–Crippen LogP) is 4.65. The van der Waals surface area contributed by atoms with Crippen LogP contribution in [0.1, 0.15) is 37.8 Å². The van der Waals surface area contributed by atoms with Crippen molar-refractivity contribution in [2.24, 2.45) is 4.99 Å². The quantitative estimate of drug-likeness (QED) is 0.339. The molecule has 7 heteroatoms. The number of rotatable bonds is 8. The molecule has 0 aromatic heterocycles. The van der Waals surface area contributed by atoms with Crippen LogP contribution in [0.2, 0.25) is 0 Å². The first-order valence-electron chi connectivity index (χ1n) is 9.96. The van der Waals surface area contributed by atoms with Crippen molar-refractivity contribution < 1.29 is 19.1 Å². The molecule has 0 unspecified atom stereocenters. The fourth-order valence-corrected chi connectivity index (χ4v) is 5.15. The molecule has 154 valence electrons. The zero-order chi connectivity index (χ0) is 21.3. The van der Waals surface area contributed by atoms with Crippen LogP contribution in [-0.4, -0.2) is 40.8 Å². The Morgan fingerprint density at radius 1 is 1.03 bits per heavy atom. The van der Waals surface area contributed by atoms with Gasteiger partial charge in [0.15, 0.2) is 6.61 Å². The minimum Gasteiger partial charge on any atom is -0.453 e. The van der Waals surface area contributed by atoms with E-state index in [9.17, 15) is 14.4 Å². The van der Waals surface area contributed by atoms with Crippen LogP contribution in [0.5, 0.6) is 0 Å². The van der Waals surface area contributed by atoms with Crippen LogP contribution in [0.3, 0.4) is 0 Å². The lowest BCUT2D eigenvalue weighted by Gasteiger charge is -2.09. The van der Waals surface area contributed by atoms with Gasteiger partial charge in [-0.2, -0.15) is 0 Å². The lowest BCUT2D eigenvalue weighted by molar-refractivity contribution is -0.143. The summed E-state index contributed by atoms with van der Waals surface area (Å²) in [7, 11) is 0. The number of hydrogen-bond donors (Lipinski definition) is 0. The molecule has 5 nitrogen and oxygen atoms in total. The predicted molar refractivity (Wildman–Crippen MR) is 122 cm³/mol. The van der Waals surface area contributed by atoms with Crippen LogP contribution >= 0.6 is 23.5 Å². The summed E-state index contributed by atoms with van der Waals surface area (Å²) in [5, 5.41) is 1.89. The number of hydrogen-bond acceptors (Lipinski definition) is 6. The molecular weight excluding hydrogens is 418 g/mol. The van der Waals surface area contributed by atoms with Crippen molar-refractivity contribution in [2.45, 2.75) is 31.6 Å². The van der Waals surface area contributed by atoms with Crippen molar-refractivity contribution in [1.29, 1.82) is 0 Å². The van der Waals surface area contributed by atoms with Crippen LogP contribution in [0, 0.1) is 0 Å². The zero-order valence-electron chi connectivity index (χ0n) is 16.8. The fraction of sp³-hybridized carbons (Fsp3) is 0.304. The van der Waals surface area contributed by atoms with Gasteiger partial charge >= 0.3 is 5.97 Å². The van der Waals surface area contributed by atoms with Crippen molar-refractivity contribution in [3.63, 3.8) is 0 Å².